The Labute approximate surface area is 295 Å². The molecule has 3 heterocycles. The second kappa shape index (κ2) is 13.2. The SMILES string of the molecule is COc1ccc2c(c1)[C@H]1CN(Cc3ccccc3)C[C@@]1(C(=O)N(C)C)Cn1c-2c(C2CCCCC2)c2ccc(C(=O)NS(=O)(=O)N(C)C)cc21. The van der Waals surface area contributed by atoms with Crippen LogP contribution >= 0.6 is 0 Å². The highest BCUT2D eigenvalue weighted by Crippen LogP contribution is 2.55. The van der Waals surface area contributed by atoms with Gasteiger partial charge in [-0.3, -0.25) is 14.5 Å². The number of benzene rings is 3. The Morgan fingerprint density at radius 1 is 0.940 bits per heavy atom. The highest BCUT2D eigenvalue weighted by Gasteiger charge is 2.56. The lowest BCUT2D eigenvalue weighted by Crippen LogP contribution is -2.47. The summed E-state index contributed by atoms with van der Waals surface area (Å²) in [5, 5.41) is 1.05. The largest absolute Gasteiger partial charge is 0.497 e. The van der Waals surface area contributed by atoms with Crippen molar-refractivity contribution in [3.63, 3.8) is 0 Å². The second-order valence-electron chi connectivity index (χ2n) is 14.7. The van der Waals surface area contributed by atoms with Gasteiger partial charge < -0.3 is 14.2 Å². The molecule has 1 aromatic heterocycles. The van der Waals surface area contributed by atoms with Gasteiger partial charge in [0.05, 0.1) is 18.2 Å². The monoisotopic (exact) mass is 697 g/mol. The van der Waals surface area contributed by atoms with E-state index in [0.717, 1.165) is 70.0 Å². The van der Waals surface area contributed by atoms with Crippen LogP contribution in [0.25, 0.3) is 22.2 Å². The highest BCUT2D eigenvalue weighted by molar-refractivity contribution is 7.87. The Hall–Kier alpha value is -4.19. The van der Waals surface area contributed by atoms with Crippen LogP contribution in [0.3, 0.4) is 0 Å². The Bertz CT molecular complexity index is 2050. The van der Waals surface area contributed by atoms with Crippen molar-refractivity contribution in [2.45, 2.75) is 57.0 Å². The molecule has 2 fully saturated rings. The number of amides is 2. The van der Waals surface area contributed by atoms with E-state index in [1.807, 2.05) is 50.5 Å². The average Bonchev–Trinajstić information content (AvgIpc) is 3.60. The molecule has 50 heavy (non-hydrogen) atoms. The van der Waals surface area contributed by atoms with Gasteiger partial charge in [-0.25, -0.2) is 4.72 Å². The molecule has 1 saturated carbocycles. The lowest BCUT2D eigenvalue weighted by Gasteiger charge is -2.35. The number of rotatable bonds is 8. The van der Waals surface area contributed by atoms with Crippen molar-refractivity contribution in [2.75, 3.05) is 48.4 Å². The molecule has 1 N–H and O–H groups in total. The number of fused-ring (bicyclic) bond motifs is 7. The predicted octanol–water partition coefficient (Wildman–Crippen LogP) is 5.59. The number of hydrogen-bond acceptors (Lipinski definition) is 6. The van der Waals surface area contributed by atoms with Crippen LogP contribution in [0, 0.1) is 5.41 Å². The zero-order valence-electron chi connectivity index (χ0n) is 29.6. The number of carbonyl (C=O) groups is 2. The summed E-state index contributed by atoms with van der Waals surface area (Å²) < 4.78 is 36.6. The van der Waals surface area contributed by atoms with Crippen LogP contribution in [0.4, 0.5) is 0 Å². The molecule has 1 aliphatic carbocycles. The summed E-state index contributed by atoms with van der Waals surface area (Å²) in [4.78, 5) is 32.4. The fraction of sp³-hybridized carbons (Fsp3) is 0.436. The smallest absolute Gasteiger partial charge is 0.303 e. The molecule has 2 atom stereocenters. The van der Waals surface area contributed by atoms with E-state index in [2.05, 4.69) is 38.5 Å². The molecule has 10 nitrogen and oxygen atoms in total. The lowest BCUT2D eigenvalue weighted by molar-refractivity contribution is -0.140. The van der Waals surface area contributed by atoms with Crippen molar-refractivity contribution in [1.82, 2.24) is 23.4 Å². The lowest BCUT2D eigenvalue weighted by atomic mass is 9.72. The summed E-state index contributed by atoms with van der Waals surface area (Å²) >= 11 is 0. The van der Waals surface area contributed by atoms with Gasteiger partial charge in [0.1, 0.15) is 5.75 Å². The minimum atomic E-state index is -4.00. The predicted molar refractivity (Wildman–Crippen MR) is 195 cm³/mol. The summed E-state index contributed by atoms with van der Waals surface area (Å²) in [7, 11) is 4.12. The van der Waals surface area contributed by atoms with E-state index in [9.17, 15) is 18.0 Å². The van der Waals surface area contributed by atoms with E-state index in [1.54, 1.807) is 18.1 Å². The topological polar surface area (TPSA) is 104 Å². The first-order valence-corrected chi connectivity index (χ1v) is 18.9. The Kier molecular flexibility index (Phi) is 9.03. The van der Waals surface area contributed by atoms with Gasteiger partial charge in [0.25, 0.3) is 5.91 Å². The van der Waals surface area contributed by atoms with Crippen LogP contribution in [0.1, 0.15) is 71.0 Å². The van der Waals surface area contributed by atoms with Crippen LogP contribution in [-0.2, 0) is 28.1 Å². The summed E-state index contributed by atoms with van der Waals surface area (Å²) in [6, 6.07) is 22.2. The molecule has 264 valence electrons. The van der Waals surface area contributed by atoms with Crippen LogP contribution in [0.15, 0.2) is 66.7 Å². The number of hydrogen-bond donors (Lipinski definition) is 1. The number of aromatic nitrogens is 1. The van der Waals surface area contributed by atoms with E-state index in [0.29, 0.717) is 25.6 Å². The minimum absolute atomic E-state index is 0.0618. The van der Waals surface area contributed by atoms with Crippen LogP contribution in [0.2, 0.25) is 0 Å². The minimum Gasteiger partial charge on any atom is -0.497 e. The van der Waals surface area contributed by atoms with E-state index >= 15 is 0 Å². The van der Waals surface area contributed by atoms with E-state index in [-0.39, 0.29) is 17.4 Å². The van der Waals surface area contributed by atoms with E-state index in [4.69, 9.17) is 4.74 Å². The first kappa shape index (κ1) is 34.3. The maximum absolute atomic E-state index is 14.8. The maximum Gasteiger partial charge on any atom is 0.303 e. The van der Waals surface area contributed by atoms with E-state index in [1.165, 1.54) is 31.6 Å². The number of nitrogens with one attached hydrogen (secondary N) is 1. The number of ether oxygens (including phenoxy) is 1. The molecule has 3 aromatic carbocycles. The normalized spacial score (nSPS) is 21.0. The van der Waals surface area contributed by atoms with Crippen molar-refractivity contribution in [2.24, 2.45) is 5.41 Å². The number of methoxy groups -OCH3 is 1. The van der Waals surface area contributed by atoms with Crippen molar-refractivity contribution >= 4 is 32.9 Å². The molecule has 4 aromatic rings. The number of nitrogens with zero attached hydrogens (tertiary/aromatic N) is 4. The van der Waals surface area contributed by atoms with Crippen molar-refractivity contribution < 1.29 is 22.7 Å². The fourth-order valence-electron chi connectivity index (χ4n) is 8.75. The molecule has 3 aliphatic rings. The first-order valence-electron chi connectivity index (χ1n) is 17.5. The van der Waals surface area contributed by atoms with Crippen LogP contribution < -0.4 is 9.46 Å². The van der Waals surface area contributed by atoms with Gasteiger partial charge in [0.15, 0.2) is 0 Å². The molecule has 1 saturated heterocycles. The Morgan fingerprint density at radius 3 is 2.36 bits per heavy atom. The summed E-state index contributed by atoms with van der Waals surface area (Å²) in [6.45, 7) is 2.39. The molecule has 2 amide bonds. The van der Waals surface area contributed by atoms with Gasteiger partial charge in [-0.05, 0) is 65.8 Å². The third-order valence-electron chi connectivity index (χ3n) is 11.1. The third-order valence-corrected chi connectivity index (χ3v) is 12.5. The van der Waals surface area contributed by atoms with Crippen LogP contribution in [-0.4, -0.2) is 87.3 Å². The molecule has 0 radical (unpaired) electrons. The molecular formula is C39H47N5O5S. The quantitative estimate of drug-likeness (QED) is 0.258. The molecule has 11 heteroatoms. The molecule has 0 bridgehead atoms. The Morgan fingerprint density at radius 2 is 1.68 bits per heavy atom. The van der Waals surface area contributed by atoms with Gasteiger partial charge in [-0.15, -0.1) is 0 Å². The maximum atomic E-state index is 14.8. The van der Waals surface area contributed by atoms with Crippen LogP contribution in [0.5, 0.6) is 5.75 Å². The van der Waals surface area contributed by atoms with Gasteiger partial charge in [0, 0.05) is 82.3 Å². The zero-order chi connectivity index (χ0) is 35.4. The molecule has 7 rings (SSSR count). The molecular weight excluding hydrogens is 651 g/mol. The fourth-order valence-corrected chi connectivity index (χ4v) is 9.29. The standard InChI is InChI=1S/C39H47N5O5S/c1-41(2)38(46)39-24-43(22-26-12-8-6-9-13-26)23-33(39)32-21-29(49-5)17-19-30(32)36-35(27-14-10-7-11-15-27)31-18-16-28(20-34(31)44(36)25-39)37(45)40-50(47,48)42(3)4/h6,8-9,12-13,16-21,27,33H,7,10-11,14-15,22-25H2,1-5H3,(H,40,45)/t33-,39-/m1/s1. The van der Waals surface area contributed by atoms with E-state index < -0.39 is 21.5 Å². The summed E-state index contributed by atoms with van der Waals surface area (Å²) in [5.41, 5.74) is 5.99. The number of likely N-dealkylation sites (tertiary alicyclic amines) is 1. The van der Waals surface area contributed by atoms with Gasteiger partial charge in [-0.1, -0.05) is 55.7 Å². The molecule has 0 unspecified atom stereocenters. The second-order valence-corrected chi connectivity index (χ2v) is 16.5. The average molecular weight is 698 g/mol. The molecule has 0 spiro atoms. The Balaban J connectivity index is 1.48. The van der Waals surface area contributed by atoms with Gasteiger partial charge >= 0.3 is 10.2 Å². The first-order chi connectivity index (χ1) is 23.9. The zero-order valence-corrected chi connectivity index (χ0v) is 30.4. The highest BCUT2D eigenvalue weighted by atomic mass is 32.2. The van der Waals surface area contributed by atoms with Crippen molar-refractivity contribution in [3.8, 4) is 17.0 Å². The summed E-state index contributed by atoms with van der Waals surface area (Å²) in [6.07, 6.45) is 5.64. The van der Waals surface area contributed by atoms with Crippen molar-refractivity contribution in [1.29, 1.82) is 0 Å². The number of carbonyl (C=O) groups excluding carboxylic acids is 2. The van der Waals surface area contributed by atoms with Crippen molar-refractivity contribution in [3.05, 3.63) is 89.0 Å². The van der Waals surface area contributed by atoms with Gasteiger partial charge in [0.2, 0.25) is 5.91 Å². The third kappa shape index (κ3) is 5.88. The van der Waals surface area contributed by atoms with Gasteiger partial charge in [-0.2, -0.15) is 12.7 Å². The molecule has 2 aliphatic heterocycles. The summed E-state index contributed by atoms with van der Waals surface area (Å²) in [5.74, 6) is 0.311.